The van der Waals surface area contributed by atoms with Gasteiger partial charge in [0.05, 0.1) is 17.1 Å². The number of hydrogen-bond acceptors (Lipinski definition) is 5. The molecule has 2 bridgehead atoms. The lowest BCUT2D eigenvalue weighted by atomic mass is 9.57. The highest BCUT2D eigenvalue weighted by molar-refractivity contribution is 5.91. The van der Waals surface area contributed by atoms with Crippen LogP contribution in [0.5, 0.6) is 11.5 Å². The summed E-state index contributed by atoms with van der Waals surface area (Å²) in [5, 5.41) is 12.3. The summed E-state index contributed by atoms with van der Waals surface area (Å²) in [6.07, 6.45) is 4.78. The molecule has 3 unspecified atom stereocenters. The number of fused-ring (bicyclic) bond motifs is 1. The first-order chi connectivity index (χ1) is 15.6. The number of nitrogens with zero attached hydrogens (tertiary/aromatic N) is 1. The van der Waals surface area contributed by atoms with Gasteiger partial charge in [-0.3, -0.25) is 9.69 Å². The molecule has 5 nitrogen and oxygen atoms in total. The molecule has 2 spiro atoms. The van der Waals surface area contributed by atoms with E-state index in [0.717, 1.165) is 36.4 Å². The zero-order valence-electron chi connectivity index (χ0n) is 18.0. The maximum Gasteiger partial charge on any atom is 0.174 e. The van der Waals surface area contributed by atoms with E-state index in [1.54, 1.807) is 0 Å². The highest BCUT2D eigenvalue weighted by Gasteiger charge is 2.88. The smallest absolute Gasteiger partial charge is 0.174 e. The highest BCUT2D eigenvalue weighted by Crippen LogP contribution is 2.76. The minimum atomic E-state index is -0.894. The van der Waals surface area contributed by atoms with E-state index in [-0.39, 0.29) is 17.4 Å². The van der Waals surface area contributed by atoms with Crippen molar-refractivity contribution in [2.45, 2.75) is 73.8 Å². The van der Waals surface area contributed by atoms with Crippen LogP contribution in [0, 0.1) is 5.92 Å². The summed E-state index contributed by atoms with van der Waals surface area (Å²) in [4.78, 5) is 15.7. The van der Waals surface area contributed by atoms with Crippen LogP contribution in [0.2, 0.25) is 0 Å². The van der Waals surface area contributed by atoms with Crippen molar-refractivity contribution in [3.8, 4) is 11.5 Å². The number of piperidine rings is 1. The molecule has 164 valence electrons. The van der Waals surface area contributed by atoms with Crippen LogP contribution in [0.1, 0.15) is 48.8 Å². The predicted octanol–water partition coefficient (Wildman–Crippen LogP) is 3.15. The molecule has 1 saturated heterocycles. The number of Topliss-reactive ketones (excluding diaryl/α,β-unsaturated/α-hetero) is 1. The van der Waals surface area contributed by atoms with Gasteiger partial charge in [-0.2, -0.15) is 0 Å². The summed E-state index contributed by atoms with van der Waals surface area (Å²) in [6, 6.07) is 14.4. The van der Waals surface area contributed by atoms with Crippen LogP contribution in [0.4, 0.5) is 0 Å². The van der Waals surface area contributed by atoms with Gasteiger partial charge in [-0.1, -0.05) is 36.4 Å². The molecule has 4 fully saturated rings. The van der Waals surface area contributed by atoms with Crippen LogP contribution in [-0.2, 0) is 23.2 Å². The number of likely N-dealkylation sites (tertiary alicyclic amines) is 1. The SMILES string of the molecule is O=C1CC[C@@]2(O)[C@@H]3N(CC4CC4)C34Cc3ccc(OCc5ccccc5)c5c3[C@@]2(C4)C1O5. The number of ketones is 1. The summed E-state index contributed by atoms with van der Waals surface area (Å²) in [5.41, 5.74) is 1.92. The number of benzene rings is 2. The summed E-state index contributed by atoms with van der Waals surface area (Å²) in [7, 11) is 0. The topological polar surface area (TPSA) is 58.8 Å². The van der Waals surface area contributed by atoms with E-state index < -0.39 is 17.1 Å². The molecule has 2 aromatic carbocycles. The molecule has 4 aliphatic carbocycles. The van der Waals surface area contributed by atoms with Gasteiger partial charge in [-0.25, -0.2) is 0 Å². The van der Waals surface area contributed by atoms with E-state index in [9.17, 15) is 9.90 Å². The second-order valence-electron chi connectivity index (χ2n) is 11.0. The number of hydrogen-bond donors (Lipinski definition) is 1. The lowest BCUT2D eigenvalue weighted by Crippen LogP contribution is -2.65. The quantitative estimate of drug-likeness (QED) is 0.740. The molecule has 2 heterocycles. The lowest BCUT2D eigenvalue weighted by Gasteiger charge is -2.50. The molecule has 5 heteroatoms. The molecule has 1 N–H and O–H groups in total. The summed E-state index contributed by atoms with van der Waals surface area (Å²) >= 11 is 0. The van der Waals surface area contributed by atoms with Crippen molar-refractivity contribution in [1.29, 1.82) is 0 Å². The van der Waals surface area contributed by atoms with E-state index in [1.807, 2.05) is 36.4 Å². The van der Waals surface area contributed by atoms with Crippen LogP contribution < -0.4 is 9.47 Å². The summed E-state index contributed by atoms with van der Waals surface area (Å²) < 4.78 is 12.7. The molecular formula is C27H27NO4. The average molecular weight is 430 g/mol. The second-order valence-corrected chi connectivity index (χ2v) is 11.0. The van der Waals surface area contributed by atoms with E-state index >= 15 is 0 Å². The zero-order valence-corrected chi connectivity index (χ0v) is 18.0. The van der Waals surface area contributed by atoms with Crippen LogP contribution in [0.25, 0.3) is 0 Å². The summed E-state index contributed by atoms with van der Waals surface area (Å²) in [5.74, 6) is 2.33. The zero-order chi connectivity index (χ0) is 21.3. The Labute approximate surface area is 187 Å². The average Bonchev–Trinajstić information content (AvgIpc) is 3.67. The third kappa shape index (κ3) is 1.93. The monoisotopic (exact) mass is 429 g/mol. The van der Waals surface area contributed by atoms with Gasteiger partial charge in [0.2, 0.25) is 0 Å². The van der Waals surface area contributed by atoms with Crippen LogP contribution >= 0.6 is 0 Å². The van der Waals surface area contributed by atoms with Gasteiger partial charge in [0.15, 0.2) is 23.4 Å². The van der Waals surface area contributed by atoms with Gasteiger partial charge >= 0.3 is 0 Å². The normalized spacial score (nSPS) is 41.7. The molecule has 0 aromatic heterocycles. The second kappa shape index (κ2) is 5.57. The van der Waals surface area contributed by atoms with Crippen molar-refractivity contribution in [2.75, 3.05) is 6.54 Å². The fourth-order valence-electron chi connectivity index (χ4n) is 8.00. The largest absolute Gasteiger partial charge is 0.485 e. The van der Waals surface area contributed by atoms with Crippen molar-refractivity contribution < 1.29 is 19.4 Å². The number of aliphatic hydroxyl groups is 1. The molecular weight excluding hydrogens is 402 g/mol. The molecule has 8 rings (SSSR count). The van der Waals surface area contributed by atoms with Crippen molar-refractivity contribution in [1.82, 2.24) is 4.90 Å². The third-order valence-corrected chi connectivity index (χ3v) is 9.40. The number of carbonyl (C=O) groups excluding carboxylic acids is 1. The maximum atomic E-state index is 13.1. The van der Waals surface area contributed by atoms with Gasteiger partial charge in [0.25, 0.3) is 0 Å². The minimum absolute atomic E-state index is 0.00456. The lowest BCUT2D eigenvalue weighted by molar-refractivity contribution is -0.149. The molecule has 32 heavy (non-hydrogen) atoms. The Morgan fingerprint density at radius 3 is 2.81 bits per heavy atom. The first-order valence-electron chi connectivity index (χ1n) is 12.1. The Morgan fingerprint density at radius 1 is 1.16 bits per heavy atom. The first-order valence-corrected chi connectivity index (χ1v) is 12.1. The number of carbonyl (C=O) groups is 1. The first kappa shape index (κ1) is 18.1. The Morgan fingerprint density at radius 2 is 2.00 bits per heavy atom. The molecule has 0 amide bonds. The summed E-state index contributed by atoms with van der Waals surface area (Å²) in [6.45, 7) is 1.55. The van der Waals surface area contributed by atoms with E-state index in [2.05, 4.69) is 11.0 Å². The Balaban J connectivity index is 1.24. The molecule has 3 saturated carbocycles. The van der Waals surface area contributed by atoms with Gasteiger partial charge in [-0.05, 0) is 55.2 Å². The third-order valence-electron chi connectivity index (χ3n) is 9.40. The fraction of sp³-hybridized carbons (Fsp3) is 0.519. The predicted molar refractivity (Wildman–Crippen MR) is 117 cm³/mol. The molecule has 2 aliphatic heterocycles. The maximum absolute atomic E-state index is 13.1. The standard InChI is InChI=1S/C27H27NO4/c29-19-10-11-27(30)24-25(28(24)13-16-6-7-16)12-18-8-9-20(31-14-17-4-2-1-3-5-17)22-21(18)26(27,15-25)23(19)32-22/h1-5,8-9,16,23-24,30H,6-7,10-15H2/t23?,24-,25?,26+,27-,28?/m1/s1. The molecule has 6 atom stereocenters. The van der Waals surface area contributed by atoms with E-state index in [4.69, 9.17) is 9.47 Å². The fourth-order valence-corrected chi connectivity index (χ4v) is 8.00. The van der Waals surface area contributed by atoms with Crippen molar-refractivity contribution in [2.24, 2.45) is 5.92 Å². The number of rotatable bonds is 5. The Kier molecular flexibility index (Phi) is 3.15. The molecule has 6 aliphatic rings. The van der Waals surface area contributed by atoms with Gasteiger partial charge < -0.3 is 14.6 Å². The number of ether oxygens (including phenoxy) is 2. The Hall–Kier alpha value is -2.37. The highest BCUT2D eigenvalue weighted by atomic mass is 16.5. The van der Waals surface area contributed by atoms with Crippen LogP contribution in [0.3, 0.4) is 0 Å². The van der Waals surface area contributed by atoms with Crippen LogP contribution in [-0.4, -0.2) is 45.6 Å². The molecule has 0 radical (unpaired) electrons. The van der Waals surface area contributed by atoms with Gasteiger partial charge in [0, 0.05) is 24.1 Å². The van der Waals surface area contributed by atoms with Crippen molar-refractivity contribution in [3.05, 3.63) is 59.2 Å². The van der Waals surface area contributed by atoms with Crippen molar-refractivity contribution in [3.63, 3.8) is 0 Å². The van der Waals surface area contributed by atoms with Gasteiger partial charge in [-0.15, -0.1) is 0 Å². The van der Waals surface area contributed by atoms with E-state index in [0.29, 0.717) is 30.9 Å². The Bertz CT molecular complexity index is 1180. The molecule has 2 aromatic rings. The van der Waals surface area contributed by atoms with Crippen LogP contribution in [0.15, 0.2) is 42.5 Å². The minimum Gasteiger partial charge on any atom is -0.485 e. The van der Waals surface area contributed by atoms with Gasteiger partial charge in [0.1, 0.15) is 6.61 Å². The van der Waals surface area contributed by atoms with Crippen molar-refractivity contribution >= 4 is 5.78 Å². The van der Waals surface area contributed by atoms with E-state index in [1.165, 1.54) is 18.4 Å².